The minimum atomic E-state index is -0.483. The normalized spacial score (nSPS) is 11.7. The SMILES string of the molecule is COc1ccc(-n2nnnc2S[C@H](C)C(=O)Nc2ccccc2C(C)=O)cc1. The highest BCUT2D eigenvalue weighted by atomic mass is 32.2. The zero-order chi connectivity index (χ0) is 20.1. The molecule has 1 amide bonds. The molecule has 1 heterocycles. The van der Waals surface area contributed by atoms with Crippen molar-refractivity contribution in [3.8, 4) is 11.4 Å². The van der Waals surface area contributed by atoms with Gasteiger partial charge < -0.3 is 10.1 Å². The molecule has 0 saturated heterocycles. The van der Waals surface area contributed by atoms with Gasteiger partial charge in [0.05, 0.1) is 23.7 Å². The second-order valence-corrected chi connectivity index (χ2v) is 7.23. The molecule has 0 unspecified atom stereocenters. The number of hydrogen-bond acceptors (Lipinski definition) is 7. The smallest absolute Gasteiger partial charge is 0.237 e. The van der Waals surface area contributed by atoms with Crippen molar-refractivity contribution in [1.29, 1.82) is 0 Å². The Bertz CT molecular complexity index is 987. The zero-order valence-electron chi connectivity index (χ0n) is 15.6. The fourth-order valence-electron chi connectivity index (χ4n) is 2.48. The molecule has 3 rings (SSSR count). The van der Waals surface area contributed by atoms with Crippen LogP contribution in [0.1, 0.15) is 24.2 Å². The maximum Gasteiger partial charge on any atom is 0.237 e. The Morgan fingerprint density at radius 1 is 1.14 bits per heavy atom. The van der Waals surface area contributed by atoms with Gasteiger partial charge in [-0.25, -0.2) is 0 Å². The summed E-state index contributed by atoms with van der Waals surface area (Å²) in [6.45, 7) is 3.22. The molecule has 0 aliphatic rings. The Morgan fingerprint density at radius 3 is 2.54 bits per heavy atom. The lowest BCUT2D eigenvalue weighted by Crippen LogP contribution is -2.24. The molecular formula is C19H19N5O3S. The first kappa shape index (κ1) is 19.6. The molecule has 2 aromatic carbocycles. The summed E-state index contributed by atoms with van der Waals surface area (Å²) in [5.74, 6) is 0.366. The van der Waals surface area contributed by atoms with Gasteiger partial charge in [-0.2, -0.15) is 4.68 Å². The third kappa shape index (κ3) is 4.37. The average Bonchev–Trinajstić information content (AvgIpc) is 3.16. The number of nitrogens with zero attached hydrogens (tertiary/aromatic N) is 4. The topological polar surface area (TPSA) is 99.0 Å². The summed E-state index contributed by atoms with van der Waals surface area (Å²) in [6.07, 6.45) is 0. The number of thioether (sulfide) groups is 1. The van der Waals surface area contributed by atoms with E-state index in [1.807, 2.05) is 12.1 Å². The first-order chi connectivity index (χ1) is 13.5. The number of nitrogens with one attached hydrogen (secondary N) is 1. The fourth-order valence-corrected chi connectivity index (χ4v) is 3.29. The molecular weight excluding hydrogens is 378 g/mol. The van der Waals surface area contributed by atoms with E-state index in [1.165, 1.54) is 18.7 Å². The van der Waals surface area contributed by atoms with E-state index < -0.39 is 5.25 Å². The number of para-hydroxylation sites is 1. The Hall–Kier alpha value is -3.20. The molecule has 0 bridgehead atoms. The molecule has 0 saturated carbocycles. The summed E-state index contributed by atoms with van der Waals surface area (Å²) in [6, 6.07) is 14.2. The maximum absolute atomic E-state index is 12.6. The van der Waals surface area contributed by atoms with Crippen molar-refractivity contribution in [3.05, 3.63) is 54.1 Å². The van der Waals surface area contributed by atoms with Crippen molar-refractivity contribution in [2.45, 2.75) is 24.3 Å². The van der Waals surface area contributed by atoms with Crippen LogP contribution in [0.2, 0.25) is 0 Å². The fraction of sp³-hybridized carbons (Fsp3) is 0.211. The average molecular weight is 397 g/mol. The summed E-state index contributed by atoms with van der Waals surface area (Å²) in [5, 5.41) is 14.5. The number of ketones is 1. The van der Waals surface area contributed by atoms with E-state index in [4.69, 9.17) is 4.74 Å². The van der Waals surface area contributed by atoms with Gasteiger partial charge in [-0.15, -0.1) is 5.10 Å². The van der Waals surface area contributed by atoms with E-state index in [9.17, 15) is 9.59 Å². The second-order valence-electron chi connectivity index (χ2n) is 5.92. The first-order valence-electron chi connectivity index (χ1n) is 8.50. The van der Waals surface area contributed by atoms with E-state index in [0.29, 0.717) is 16.4 Å². The molecule has 0 spiro atoms. The largest absolute Gasteiger partial charge is 0.497 e. The standard InChI is InChI=1S/C19H19N5O3S/c1-12(25)16-6-4-5-7-17(16)20-18(26)13(2)28-19-21-22-23-24(19)14-8-10-15(27-3)11-9-14/h4-11,13H,1-3H3,(H,20,26)/t13-/m1/s1. The van der Waals surface area contributed by atoms with Crippen LogP contribution in [-0.2, 0) is 4.79 Å². The van der Waals surface area contributed by atoms with Gasteiger partial charge in [0.1, 0.15) is 5.75 Å². The predicted molar refractivity (Wildman–Crippen MR) is 106 cm³/mol. The molecule has 28 heavy (non-hydrogen) atoms. The maximum atomic E-state index is 12.6. The lowest BCUT2D eigenvalue weighted by Gasteiger charge is -2.13. The van der Waals surface area contributed by atoms with Crippen LogP contribution in [0.25, 0.3) is 5.69 Å². The molecule has 1 aromatic heterocycles. The third-order valence-electron chi connectivity index (χ3n) is 3.97. The minimum absolute atomic E-state index is 0.111. The van der Waals surface area contributed by atoms with Gasteiger partial charge >= 0.3 is 0 Å². The van der Waals surface area contributed by atoms with Crippen molar-refractivity contribution < 1.29 is 14.3 Å². The van der Waals surface area contributed by atoms with Gasteiger partial charge in [-0.3, -0.25) is 9.59 Å². The number of carbonyl (C=O) groups excluding carboxylic acids is 2. The highest BCUT2D eigenvalue weighted by Crippen LogP contribution is 2.25. The lowest BCUT2D eigenvalue weighted by atomic mass is 10.1. The summed E-state index contributed by atoms with van der Waals surface area (Å²) in [5.41, 5.74) is 1.71. The third-order valence-corrected chi connectivity index (χ3v) is 5.01. The number of amides is 1. The summed E-state index contributed by atoms with van der Waals surface area (Å²) >= 11 is 1.22. The number of methoxy groups -OCH3 is 1. The van der Waals surface area contributed by atoms with Crippen LogP contribution in [-0.4, -0.2) is 44.3 Å². The number of anilines is 1. The molecule has 0 radical (unpaired) electrons. The quantitative estimate of drug-likeness (QED) is 0.483. The minimum Gasteiger partial charge on any atom is -0.497 e. The number of benzene rings is 2. The Morgan fingerprint density at radius 2 is 1.86 bits per heavy atom. The van der Waals surface area contributed by atoms with E-state index in [0.717, 1.165) is 11.4 Å². The van der Waals surface area contributed by atoms with Crippen molar-refractivity contribution in [2.75, 3.05) is 12.4 Å². The first-order valence-corrected chi connectivity index (χ1v) is 9.38. The number of hydrogen-bond donors (Lipinski definition) is 1. The van der Waals surface area contributed by atoms with Crippen LogP contribution >= 0.6 is 11.8 Å². The molecule has 9 heteroatoms. The van der Waals surface area contributed by atoms with Crippen LogP contribution in [0.3, 0.4) is 0 Å². The van der Waals surface area contributed by atoms with Gasteiger partial charge in [-0.05, 0) is 60.7 Å². The van der Waals surface area contributed by atoms with Crippen molar-refractivity contribution in [2.24, 2.45) is 0 Å². The zero-order valence-corrected chi connectivity index (χ0v) is 16.4. The van der Waals surface area contributed by atoms with Crippen molar-refractivity contribution >= 4 is 29.1 Å². The number of rotatable bonds is 7. The molecule has 1 N–H and O–H groups in total. The lowest BCUT2D eigenvalue weighted by molar-refractivity contribution is -0.115. The van der Waals surface area contributed by atoms with Crippen LogP contribution in [0.5, 0.6) is 5.75 Å². The number of carbonyl (C=O) groups is 2. The molecule has 0 aliphatic carbocycles. The van der Waals surface area contributed by atoms with Gasteiger partial charge in [0.2, 0.25) is 11.1 Å². The van der Waals surface area contributed by atoms with E-state index >= 15 is 0 Å². The van der Waals surface area contributed by atoms with E-state index in [2.05, 4.69) is 20.8 Å². The molecule has 8 nitrogen and oxygen atoms in total. The van der Waals surface area contributed by atoms with Crippen molar-refractivity contribution in [1.82, 2.24) is 20.2 Å². The highest BCUT2D eigenvalue weighted by molar-refractivity contribution is 8.00. The van der Waals surface area contributed by atoms with Gasteiger partial charge in [0.15, 0.2) is 5.78 Å². The molecule has 144 valence electrons. The Labute approximate surface area is 166 Å². The van der Waals surface area contributed by atoms with Crippen LogP contribution < -0.4 is 10.1 Å². The molecule has 1 atom stereocenters. The van der Waals surface area contributed by atoms with Gasteiger partial charge in [0, 0.05) is 5.56 Å². The van der Waals surface area contributed by atoms with Crippen LogP contribution in [0.4, 0.5) is 5.69 Å². The van der Waals surface area contributed by atoms with Crippen LogP contribution in [0.15, 0.2) is 53.7 Å². The van der Waals surface area contributed by atoms with Crippen LogP contribution in [0, 0.1) is 0 Å². The van der Waals surface area contributed by atoms with Gasteiger partial charge in [0.25, 0.3) is 0 Å². The van der Waals surface area contributed by atoms with Crippen molar-refractivity contribution in [3.63, 3.8) is 0 Å². The monoisotopic (exact) mass is 397 g/mol. The summed E-state index contributed by atoms with van der Waals surface area (Å²) < 4.78 is 6.71. The Kier molecular flexibility index (Phi) is 6.05. The Balaban J connectivity index is 1.73. The van der Waals surface area contributed by atoms with E-state index in [1.54, 1.807) is 55.1 Å². The number of tetrazole rings is 1. The number of Topliss-reactive ketones (excluding diaryl/α,β-unsaturated/α-hetero) is 1. The molecule has 0 aliphatic heterocycles. The highest BCUT2D eigenvalue weighted by Gasteiger charge is 2.20. The number of ether oxygens (including phenoxy) is 1. The second kappa shape index (κ2) is 8.66. The molecule has 0 fully saturated rings. The van der Waals surface area contributed by atoms with E-state index in [-0.39, 0.29) is 11.7 Å². The predicted octanol–water partition coefficient (Wildman–Crippen LogP) is 2.99. The molecule has 3 aromatic rings. The van der Waals surface area contributed by atoms with Gasteiger partial charge in [-0.1, -0.05) is 23.9 Å². The summed E-state index contributed by atoms with van der Waals surface area (Å²) in [7, 11) is 1.60. The number of aromatic nitrogens is 4. The summed E-state index contributed by atoms with van der Waals surface area (Å²) in [4.78, 5) is 24.3.